The molecule has 6 heteroatoms. The highest BCUT2D eigenvalue weighted by molar-refractivity contribution is 6.62. The van der Waals surface area contributed by atoms with Crippen LogP contribution in [0.1, 0.15) is 43.9 Å². The number of morpholine rings is 1. The first-order chi connectivity index (χ1) is 12.2. The van der Waals surface area contributed by atoms with Gasteiger partial charge in [0, 0.05) is 19.1 Å². The summed E-state index contributed by atoms with van der Waals surface area (Å²) in [7, 11) is -0.898. The van der Waals surface area contributed by atoms with E-state index in [1.165, 1.54) is 12.1 Å². The molecule has 1 aromatic rings. The van der Waals surface area contributed by atoms with Gasteiger partial charge in [0.2, 0.25) is 0 Å². The Bertz CT molecular complexity index is 583. The number of rotatable bonds is 7. The van der Waals surface area contributed by atoms with Crippen LogP contribution in [0.25, 0.3) is 0 Å². The van der Waals surface area contributed by atoms with Crippen LogP contribution in [0, 0.1) is 0 Å². The van der Waals surface area contributed by atoms with Crippen LogP contribution in [0.3, 0.4) is 0 Å². The fraction of sp³-hybridized carbons (Fsp3) is 0.600. The summed E-state index contributed by atoms with van der Waals surface area (Å²) >= 11 is 0. The maximum atomic E-state index is 13.2. The predicted molar refractivity (Wildman–Crippen MR) is 103 cm³/mol. The molecule has 4 unspecified atom stereocenters. The second-order valence-electron chi connectivity index (χ2n) is 7.49. The van der Waals surface area contributed by atoms with E-state index in [0.717, 1.165) is 43.6 Å². The number of alkyl halides is 3. The Morgan fingerprint density at radius 1 is 1.31 bits per heavy atom. The largest absolute Gasteiger partial charge is 0.416 e. The van der Waals surface area contributed by atoms with Crippen LogP contribution in [0.5, 0.6) is 0 Å². The van der Waals surface area contributed by atoms with Gasteiger partial charge in [-0.05, 0) is 38.0 Å². The van der Waals surface area contributed by atoms with E-state index in [-0.39, 0.29) is 18.2 Å². The van der Waals surface area contributed by atoms with Crippen molar-refractivity contribution < 1.29 is 17.9 Å². The topological polar surface area (TPSA) is 12.5 Å². The molecule has 2 rings (SSSR count). The number of ether oxygens (including phenoxy) is 1. The highest BCUT2D eigenvalue weighted by Gasteiger charge is 2.33. The molecular weight excluding hydrogens is 355 g/mol. The zero-order chi connectivity index (χ0) is 19.3. The molecule has 0 amide bonds. The summed E-state index contributed by atoms with van der Waals surface area (Å²) in [6.07, 6.45) is -2.25. The van der Waals surface area contributed by atoms with Crippen molar-refractivity contribution in [2.75, 3.05) is 13.1 Å². The van der Waals surface area contributed by atoms with Crippen molar-refractivity contribution in [2.45, 2.75) is 63.7 Å². The monoisotopic (exact) mass is 385 g/mol. The Labute approximate surface area is 156 Å². The number of hydrogen-bond acceptors (Lipinski definition) is 2. The predicted octanol–water partition coefficient (Wildman–Crippen LogP) is 5.22. The van der Waals surface area contributed by atoms with Gasteiger partial charge >= 0.3 is 6.18 Å². The van der Waals surface area contributed by atoms with Crippen LogP contribution >= 0.6 is 0 Å². The molecule has 0 N–H and O–H groups in total. The average Bonchev–Trinajstić information content (AvgIpc) is 2.57. The number of benzene rings is 1. The van der Waals surface area contributed by atoms with E-state index in [1.54, 1.807) is 0 Å². The molecule has 0 spiro atoms. The van der Waals surface area contributed by atoms with Crippen LogP contribution in [0.15, 0.2) is 36.5 Å². The van der Waals surface area contributed by atoms with Gasteiger partial charge in [-0.1, -0.05) is 31.1 Å². The fourth-order valence-electron chi connectivity index (χ4n) is 3.71. The molecule has 1 heterocycles. The molecule has 2 nitrogen and oxygen atoms in total. The van der Waals surface area contributed by atoms with Crippen molar-refractivity contribution in [2.24, 2.45) is 0 Å². The summed E-state index contributed by atoms with van der Waals surface area (Å²) < 4.78 is 45.3. The lowest BCUT2D eigenvalue weighted by Crippen LogP contribution is -2.47. The zero-order valence-corrected chi connectivity index (χ0v) is 17.1. The summed E-state index contributed by atoms with van der Waals surface area (Å²) in [5, 5.41) is 0. The SMILES string of the molecule is C=C[SiH](C)CCCC(c1cccc(C(F)(F)F)c1)N1CC(C)OC(C)C1. The highest BCUT2D eigenvalue weighted by Crippen LogP contribution is 2.34. The third kappa shape index (κ3) is 5.96. The molecule has 1 aliphatic heterocycles. The normalized spacial score (nSPS) is 24.2. The van der Waals surface area contributed by atoms with Crippen LogP contribution in [0.4, 0.5) is 13.2 Å². The Balaban J connectivity index is 2.23. The zero-order valence-electron chi connectivity index (χ0n) is 15.9. The smallest absolute Gasteiger partial charge is 0.373 e. The number of nitrogens with zero attached hydrogens (tertiary/aromatic N) is 1. The summed E-state index contributed by atoms with van der Waals surface area (Å²) in [5.74, 6) is 0. The van der Waals surface area contributed by atoms with E-state index < -0.39 is 20.5 Å². The fourth-order valence-corrected chi connectivity index (χ4v) is 4.82. The van der Waals surface area contributed by atoms with E-state index in [0.29, 0.717) is 0 Å². The van der Waals surface area contributed by atoms with Crippen molar-refractivity contribution in [3.8, 4) is 0 Å². The quantitative estimate of drug-likeness (QED) is 0.597. The van der Waals surface area contributed by atoms with E-state index in [2.05, 4.69) is 23.7 Å². The molecule has 1 aromatic carbocycles. The van der Waals surface area contributed by atoms with Gasteiger partial charge < -0.3 is 4.74 Å². The first-order valence-electron chi connectivity index (χ1n) is 9.40. The van der Waals surface area contributed by atoms with Crippen molar-refractivity contribution in [3.05, 3.63) is 47.7 Å². The molecule has 146 valence electrons. The lowest BCUT2D eigenvalue weighted by Gasteiger charge is -2.40. The van der Waals surface area contributed by atoms with Crippen molar-refractivity contribution in [1.82, 2.24) is 4.90 Å². The molecule has 4 atom stereocenters. The third-order valence-electron chi connectivity index (χ3n) is 5.03. The Hall–Kier alpha value is -1.11. The summed E-state index contributed by atoms with van der Waals surface area (Å²) in [5.41, 5.74) is 2.26. The van der Waals surface area contributed by atoms with E-state index in [9.17, 15) is 13.2 Å². The van der Waals surface area contributed by atoms with Gasteiger partial charge in [-0.25, -0.2) is 0 Å². The van der Waals surface area contributed by atoms with Gasteiger partial charge in [0.15, 0.2) is 0 Å². The van der Waals surface area contributed by atoms with Gasteiger partial charge in [-0.3, -0.25) is 4.90 Å². The van der Waals surface area contributed by atoms with Crippen LogP contribution in [0.2, 0.25) is 12.6 Å². The lowest BCUT2D eigenvalue weighted by atomic mass is 9.97. The van der Waals surface area contributed by atoms with Crippen LogP contribution in [-0.2, 0) is 10.9 Å². The Morgan fingerprint density at radius 3 is 2.54 bits per heavy atom. The molecular formula is C20H30F3NOSi. The molecule has 1 saturated heterocycles. The minimum Gasteiger partial charge on any atom is -0.373 e. The Kier molecular flexibility index (Phi) is 7.49. The molecule has 0 bridgehead atoms. The second-order valence-corrected chi connectivity index (χ2v) is 10.5. The number of halogens is 3. The average molecular weight is 386 g/mol. The first kappa shape index (κ1) is 21.2. The summed E-state index contributed by atoms with van der Waals surface area (Å²) in [4.78, 5) is 2.30. The maximum Gasteiger partial charge on any atom is 0.416 e. The second kappa shape index (κ2) is 9.20. The lowest BCUT2D eigenvalue weighted by molar-refractivity contribution is -0.137. The van der Waals surface area contributed by atoms with Crippen molar-refractivity contribution >= 4 is 8.80 Å². The molecule has 0 aromatic heterocycles. The van der Waals surface area contributed by atoms with Gasteiger partial charge in [-0.15, -0.1) is 12.3 Å². The third-order valence-corrected chi connectivity index (χ3v) is 7.15. The number of hydrogen-bond donors (Lipinski definition) is 0. The first-order valence-corrected chi connectivity index (χ1v) is 12.0. The summed E-state index contributed by atoms with van der Waals surface area (Å²) in [6.45, 7) is 11.7. The van der Waals surface area contributed by atoms with Crippen molar-refractivity contribution in [3.63, 3.8) is 0 Å². The summed E-state index contributed by atoms with van der Waals surface area (Å²) in [6, 6.07) is 6.96. The molecule has 0 saturated carbocycles. The van der Waals surface area contributed by atoms with Crippen LogP contribution in [-0.4, -0.2) is 39.0 Å². The van der Waals surface area contributed by atoms with Crippen molar-refractivity contribution in [1.29, 1.82) is 0 Å². The molecule has 0 aliphatic carbocycles. The van der Waals surface area contributed by atoms with Gasteiger partial charge in [-0.2, -0.15) is 13.2 Å². The Morgan fingerprint density at radius 2 is 1.96 bits per heavy atom. The van der Waals surface area contributed by atoms with Gasteiger partial charge in [0.25, 0.3) is 0 Å². The molecule has 26 heavy (non-hydrogen) atoms. The standard InChI is InChI=1S/C20H30F3NOSi/c1-5-26(4)11-7-10-19(24-13-15(2)25-16(3)14-24)17-8-6-9-18(12-17)20(21,22)23/h5-6,8-9,12,15-16,19,26H,1,7,10-11,13-14H2,2-4H3. The van der Waals surface area contributed by atoms with E-state index >= 15 is 0 Å². The van der Waals surface area contributed by atoms with E-state index in [1.807, 2.05) is 19.9 Å². The minimum atomic E-state index is -4.31. The molecule has 0 radical (unpaired) electrons. The van der Waals surface area contributed by atoms with Crippen LogP contribution < -0.4 is 0 Å². The minimum absolute atomic E-state index is 0.00267. The van der Waals surface area contributed by atoms with Gasteiger partial charge in [0.05, 0.1) is 26.6 Å². The highest BCUT2D eigenvalue weighted by atomic mass is 28.3. The van der Waals surface area contributed by atoms with E-state index in [4.69, 9.17) is 4.74 Å². The molecule has 1 aliphatic rings. The molecule has 1 fully saturated rings. The maximum absolute atomic E-state index is 13.2. The van der Waals surface area contributed by atoms with Gasteiger partial charge in [0.1, 0.15) is 0 Å².